The fourth-order valence-corrected chi connectivity index (χ4v) is 4.31. The number of halogens is 1. The number of nitrogens with zero attached hydrogens (tertiary/aromatic N) is 3. The molecule has 2 N–H and O–H groups in total. The number of H-pyrrole nitrogens is 1. The Labute approximate surface area is 175 Å². The summed E-state index contributed by atoms with van der Waals surface area (Å²) in [5, 5.41) is 11.6. The average molecular weight is 432 g/mol. The normalized spacial score (nSPS) is 15.0. The molecule has 4 rings (SSSR count). The third-order valence-electron chi connectivity index (χ3n) is 4.79. The number of hydrogen-bond acceptors (Lipinski definition) is 5. The van der Waals surface area contributed by atoms with Crippen molar-refractivity contribution >= 4 is 46.7 Å². The van der Waals surface area contributed by atoms with E-state index in [-0.39, 0.29) is 17.5 Å². The predicted octanol–water partition coefficient (Wildman–Crippen LogP) is 4.13. The first-order valence-electron chi connectivity index (χ1n) is 9.07. The van der Waals surface area contributed by atoms with Gasteiger partial charge in [-0.2, -0.15) is 5.10 Å². The van der Waals surface area contributed by atoms with E-state index < -0.39 is 11.9 Å². The maximum atomic E-state index is 14.5. The number of aromatic amines is 1. The van der Waals surface area contributed by atoms with Gasteiger partial charge in [0.1, 0.15) is 11.9 Å². The van der Waals surface area contributed by atoms with Crippen LogP contribution < -0.4 is 10.2 Å². The Hall–Kier alpha value is -2.85. The highest BCUT2D eigenvalue weighted by Gasteiger charge is 2.25. The average Bonchev–Trinajstić information content (AvgIpc) is 3.42. The van der Waals surface area contributed by atoms with Crippen molar-refractivity contribution in [2.24, 2.45) is 0 Å². The lowest BCUT2D eigenvalue weighted by Crippen LogP contribution is -2.26. The third kappa shape index (κ3) is 3.73. The topological polar surface area (TPSA) is 83.0 Å². The summed E-state index contributed by atoms with van der Waals surface area (Å²) in [7, 11) is 0. The minimum absolute atomic E-state index is 0.0928. The van der Waals surface area contributed by atoms with Gasteiger partial charge in [-0.3, -0.25) is 19.3 Å². The maximum Gasteiger partial charge on any atom is 0.247 e. The van der Waals surface area contributed by atoms with Crippen molar-refractivity contribution in [2.75, 3.05) is 16.8 Å². The van der Waals surface area contributed by atoms with Gasteiger partial charge in [-0.15, -0.1) is 11.3 Å². The Bertz CT molecular complexity index is 1120. The SMILES string of the molecule is CC(C(=O)Nc1ccc(N2CCCC2=O)c(F)c1)n1c(-c2cccs2)n[nH]c1=S. The number of benzene rings is 1. The van der Waals surface area contributed by atoms with E-state index in [4.69, 9.17) is 12.2 Å². The van der Waals surface area contributed by atoms with Gasteiger partial charge in [-0.1, -0.05) is 6.07 Å². The van der Waals surface area contributed by atoms with Gasteiger partial charge in [0, 0.05) is 18.7 Å². The van der Waals surface area contributed by atoms with E-state index in [0.29, 0.717) is 35.7 Å². The van der Waals surface area contributed by atoms with Gasteiger partial charge in [0.2, 0.25) is 11.8 Å². The highest BCUT2D eigenvalue weighted by Crippen LogP contribution is 2.28. The number of carbonyl (C=O) groups is 2. The van der Waals surface area contributed by atoms with Gasteiger partial charge >= 0.3 is 0 Å². The van der Waals surface area contributed by atoms with Crippen molar-refractivity contribution in [1.82, 2.24) is 14.8 Å². The third-order valence-corrected chi connectivity index (χ3v) is 5.95. The molecule has 1 saturated heterocycles. The summed E-state index contributed by atoms with van der Waals surface area (Å²) in [5.74, 6) is -0.430. The molecule has 10 heteroatoms. The van der Waals surface area contributed by atoms with Crippen LogP contribution in [0.15, 0.2) is 35.7 Å². The summed E-state index contributed by atoms with van der Waals surface area (Å²) in [6.07, 6.45) is 1.14. The molecule has 1 aliphatic rings. The molecule has 7 nitrogen and oxygen atoms in total. The van der Waals surface area contributed by atoms with Crippen LogP contribution in [0.25, 0.3) is 10.7 Å². The number of hydrogen-bond donors (Lipinski definition) is 2. The monoisotopic (exact) mass is 431 g/mol. The molecule has 2 amide bonds. The molecule has 1 fully saturated rings. The largest absolute Gasteiger partial charge is 0.324 e. The molecule has 1 aromatic carbocycles. The Morgan fingerprint density at radius 2 is 2.24 bits per heavy atom. The molecule has 3 aromatic rings. The van der Waals surface area contributed by atoms with Crippen molar-refractivity contribution in [1.29, 1.82) is 0 Å². The van der Waals surface area contributed by atoms with E-state index in [1.165, 1.54) is 28.4 Å². The van der Waals surface area contributed by atoms with Gasteiger partial charge in [0.05, 0.1) is 10.6 Å². The summed E-state index contributed by atoms with van der Waals surface area (Å²) in [6.45, 7) is 2.20. The van der Waals surface area contributed by atoms with Crippen LogP contribution in [0.4, 0.5) is 15.8 Å². The number of anilines is 2. The second-order valence-corrected chi connectivity index (χ2v) is 8.01. The van der Waals surface area contributed by atoms with Crippen LogP contribution in [0.5, 0.6) is 0 Å². The lowest BCUT2D eigenvalue weighted by molar-refractivity contribution is -0.119. The Kier molecular flexibility index (Phi) is 5.29. The van der Waals surface area contributed by atoms with Crippen LogP contribution in [0.1, 0.15) is 25.8 Å². The molecule has 150 valence electrons. The smallest absolute Gasteiger partial charge is 0.247 e. The molecule has 1 atom stereocenters. The van der Waals surface area contributed by atoms with E-state index in [1.54, 1.807) is 17.6 Å². The van der Waals surface area contributed by atoms with Gasteiger partial charge < -0.3 is 10.2 Å². The van der Waals surface area contributed by atoms with Crippen molar-refractivity contribution in [3.63, 3.8) is 0 Å². The zero-order valence-electron chi connectivity index (χ0n) is 15.5. The quantitative estimate of drug-likeness (QED) is 0.595. The van der Waals surface area contributed by atoms with E-state index >= 15 is 0 Å². The van der Waals surface area contributed by atoms with Crippen LogP contribution in [0, 0.1) is 10.6 Å². The van der Waals surface area contributed by atoms with Gasteiger partial charge in [-0.05, 0) is 55.2 Å². The molecule has 0 saturated carbocycles. The molecule has 2 aromatic heterocycles. The molecule has 0 radical (unpaired) electrons. The highest BCUT2D eigenvalue weighted by atomic mass is 32.1. The zero-order chi connectivity index (χ0) is 20.5. The van der Waals surface area contributed by atoms with E-state index in [9.17, 15) is 14.0 Å². The number of thiophene rings is 1. The number of carbonyl (C=O) groups excluding carboxylic acids is 2. The number of aromatic nitrogens is 3. The van der Waals surface area contributed by atoms with Crippen molar-refractivity contribution in [3.05, 3.63) is 46.3 Å². The Morgan fingerprint density at radius 1 is 1.41 bits per heavy atom. The maximum absolute atomic E-state index is 14.5. The van der Waals surface area contributed by atoms with E-state index in [2.05, 4.69) is 15.5 Å². The molecule has 1 unspecified atom stereocenters. The van der Waals surface area contributed by atoms with Gasteiger partial charge in [0.25, 0.3) is 0 Å². The first-order chi connectivity index (χ1) is 14.0. The number of amides is 2. The summed E-state index contributed by atoms with van der Waals surface area (Å²) in [6, 6.07) is 7.44. The Morgan fingerprint density at radius 3 is 2.90 bits per heavy atom. The molecule has 29 heavy (non-hydrogen) atoms. The minimum Gasteiger partial charge on any atom is -0.324 e. The van der Waals surface area contributed by atoms with Crippen LogP contribution in [-0.4, -0.2) is 33.1 Å². The zero-order valence-corrected chi connectivity index (χ0v) is 17.1. The number of nitrogens with one attached hydrogen (secondary N) is 2. The fourth-order valence-electron chi connectivity index (χ4n) is 3.31. The molecule has 0 aliphatic carbocycles. The lowest BCUT2D eigenvalue weighted by Gasteiger charge is -2.18. The molecule has 0 spiro atoms. The lowest BCUT2D eigenvalue weighted by atomic mass is 10.2. The molecular formula is C19H18FN5O2S2. The van der Waals surface area contributed by atoms with Crippen LogP contribution in [0.2, 0.25) is 0 Å². The van der Waals surface area contributed by atoms with Crippen LogP contribution >= 0.6 is 23.6 Å². The van der Waals surface area contributed by atoms with Crippen LogP contribution in [0.3, 0.4) is 0 Å². The molecule has 3 heterocycles. The molecular weight excluding hydrogens is 413 g/mol. The minimum atomic E-state index is -0.666. The number of rotatable bonds is 5. The van der Waals surface area contributed by atoms with E-state index in [1.807, 2.05) is 17.5 Å². The molecule has 0 bridgehead atoms. The summed E-state index contributed by atoms with van der Waals surface area (Å²) >= 11 is 6.78. The second kappa shape index (κ2) is 7.88. The first-order valence-corrected chi connectivity index (χ1v) is 10.4. The van der Waals surface area contributed by atoms with Crippen LogP contribution in [-0.2, 0) is 9.59 Å². The van der Waals surface area contributed by atoms with Crippen molar-refractivity contribution in [2.45, 2.75) is 25.8 Å². The van der Waals surface area contributed by atoms with Gasteiger partial charge in [0.15, 0.2) is 10.6 Å². The summed E-state index contributed by atoms with van der Waals surface area (Å²) in [5.41, 5.74) is 0.540. The highest BCUT2D eigenvalue weighted by molar-refractivity contribution is 7.71. The summed E-state index contributed by atoms with van der Waals surface area (Å²) < 4.78 is 16.5. The van der Waals surface area contributed by atoms with Crippen molar-refractivity contribution in [3.8, 4) is 10.7 Å². The predicted molar refractivity (Wildman–Crippen MR) is 112 cm³/mol. The fraction of sp³-hybridized carbons (Fsp3) is 0.263. The summed E-state index contributed by atoms with van der Waals surface area (Å²) in [4.78, 5) is 26.9. The first kappa shape index (κ1) is 19.5. The van der Waals surface area contributed by atoms with E-state index in [0.717, 1.165) is 4.88 Å². The van der Waals surface area contributed by atoms with Crippen molar-refractivity contribution < 1.29 is 14.0 Å². The van der Waals surface area contributed by atoms with Gasteiger partial charge in [-0.25, -0.2) is 4.39 Å². The molecule has 1 aliphatic heterocycles. The second-order valence-electron chi connectivity index (χ2n) is 6.68. The Balaban J connectivity index is 1.54. The standard InChI is InChI=1S/C19H18FN5O2S2/c1-11(25-17(22-23-19(25)28)15-4-3-9-29-15)18(27)21-12-6-7-14(13(20)10-12)24-8-2-5-16(24)26/h3-4,6-7,9-11H,2,5,8H2,1H3,(H,21,27)(H,23,28).